The van der Waals surface area contributed by atoms with Gasteiger partial charge in [0.2, 0.25) is 5.43 Å². The Bertz CT molecular complexity index is 1330. The molecule has 12 heteroatoms. The minimum absolute atomic E-state index is 0.0625. The topological polar surface area (TPSA) is 139 Å². The largest absolute Gasteiger partial charge is 0.860 e. The predicted octanol–water partition coefficient (Wildman–Crippen LogP) is -0.301. The first kappa shape index (κ1) is 24.1. The van der Waals surface area contributed by atoms with Gasteiger partial charge < -0.3 is 29.6 Å². The summed E-state index contributed by atoms with van der Waals surface area (Å²) >= 11 is 4.48. The maximum Gasteiger partial charge on any atom is 0.341 e. The summed E-state index contributed by atoms with van der Waals surface area (Å²) in [7, 11) is 2.11. The second kappa shape index (κ2) is 9.96. The number of piperazine rings is 1. The zero-order valence-corrected chi connectivity index (χ0v) is 18.9. The van der Waals surface area contributed by atoms with E-state index >= 15 is 0 Å². The molecule has 0 bridgehead atoms. The number of pyridine rings is 1. The van der Waals surface area contributed by atoms with Crippen LogP contribution in [0, 0.1) is 10.6 Å². The Morgan fingerprint density at radius 3 is 2.45 bits per heavy atom. The van der Waals surface area contributed by atoms with Crippen LogP contribution in [0.4, 0.5) is 10.1 Å². The van der Waals surface area contributed by atoms with E-state index in [1.165, 1.54) is 17.2 Å². The van der Waals surface area contributed by atoms with Crippen LogP contribution in [-0.4, -0.2) is 58.8 Å². The van der Waals surface area contributed by atoms with Gasteiger partial charge in [0.1, 0.15) is 11.4 Å². The molecule has 0 spiro atoms. The van der Waals surface area contributed by atoms with E-state index in [4.69, 9.17) is 0 Å². The molecule has 3 aromatic rings. The second-order valence-electron chi connectivity index (χ2n) is 7.68. The summed E-state index contributed by atoms with van der Waals surface area (Å²) in [6.07, 6.45) is 1.34. The molecule has 0 unspecified atom stereocenters. The Balaban J connectivity index is 0.000000286. The van der Waals surface area contributed by atoms with Gasteiger partial charge in [-0.25, -0.2) is 9.18 Å². The Morgan fingerprint density at radius 1 is 1.24 bits per heavy atom. The number of aromatic carboxylic acids is 1. The van der Waals surface area contributed by atoms with Crippen molar-refractivity contribution in [3.05, 3.63) is 61.1 Å². The molecule has 1 aliphatic rings. The molecular weight excluding hydrogens is 453 g/mol. The number of rotatable bonds is 3. The van der Waals surface area contributed by atoms with Crippen molar-refractivity contribution in [2.75, 3.05) is 38.1 Å². The summed E-state index contributed by atoms with van der Waals surface area (Å²) in [5, 5.41) is 19.7. The molecule has 176 valence electrons. The molecule has 1 aliphatic heterocycles. The van der Waals surface area contributed by atoms with E-state index in [0.29, 0.717) is 17.7 Å². The molecule has 4 rings (SSSR count). The van der Waals surface area contributed by atoms with Crippen molar-refractivity contribution in [2.45, 2.75) is 13.5 Å². The van der Waals surface area contributed by atoms with Crippen LogP contribution in [-0.2, 0) is 6.54 Å². The van der Waals surface area contributed by atoms with Gasteiger partial charge in [-0.15, -0.1) is 0 Å². The highest BCUT2D eigenvalue weighted by Gasteiger charge is 2.22. The highest BCUT2D eigenvalue weighted by Crippen LogP contribution is 2.25. The number of halogens is 1. The van der Waals surface area contributed by atoms with Gasteiger partial charge in [-0.1, -0.05) is 0 Å². The number of fused-ring (bicyclic) bond motifs is 1. The maximum absolute atomic E-state index is 14.6. The lowest BCUT2D eigenvalue weighted by Gasteiger charge is -2.32. The summed E-state index contributed by atoms with van der Waals surface area (Å²) in [6.45, 7) is 5.70. The van der Waals surface area contributed by atoms with E-state index in [-0.39, 0.29) is 15.7 Å². The molecule has 3 heterocycles. The number of nitrogens with one attached hydrogen (secondary N) is 3. The van der Waals surface area contributed by atoms with E-state index in [2.05, 4.69) is 29.2 Å². The van der Waals surface area contributed by atoms with Crippen LogP contribution in [0.1, 0.15) is 17.3 Å². The Labute approximate surface area is 192 Å². The third kappa shape index (κ3) is 5.46. The Morgan fingerprint density at radius 2 is 1.91 bits per heavy atom. The molecule has 4 N–H and O–H groups in total. The highest BCUT2D eigenvalue weighted by molar-refractivity contribution is 7.71. The lowest BCUT2D eigenvalue weighted by atomic mass is 10.1. The van der Waals surface area contributed by atoms with Crippen LogP contribution in [0.15, 0.2) is 34.0 Å². The molecule has 1 saturated heterocycles. The van der Waals surface area contributed by atoms with Gasteiger partial charge in [0.25, 0.3) is 5.56 Å². The molecule has 33 heavy (non-hydrogen) atoms. The van der Waals surface area contributed by atoms with Crippen molar-refractivity contribution in [3.8, 4) is 5.88 Å². The molecule has 1 aromatic carbocycles. The van der Waals surface area contributed by atoms with Crippen LogP contribution in [0.25, 0.3) is 10.9 Å². The van der Waals surface area contributed by atoms with Crippen LogP contribution >= 0.6 is 12.2 Å². The van der Waals surface area contributed by atoms with E-state index in [1.807, 2.05) is 11.8 Å². The first-order chi connectivity index (χ1) is 15.6. The van der Waals surface area contributed by atoms with Crippen molar-refractivity contribution in [1.29, 1.82) is 0 Å². The number of nitrogens with zero attached hydrogens (tertiary/aromatic N) is 2. The maximum atomic E-state index is 14.6. The van der Waals surface area contributed by atoms with Crippen molar-refractivity contribution >= 4 is 34.8 Å². The number of carboxylic acids is 1. The number of aryl methyl sites for hydroxylation is 1. The summed E-state index contributed by atoms with van der Waals surface area (Å²) in [4.78, 5) is 41.8. The van der Waals surface area contributed by atoms with Crippen LogP contribution in [0.2, 0.25) is 0 Å². The molecule has 2 aromatic heterocycles. The normalized spacial score (nSPS) is 14.1. The molecule has 10 nitrogen and oxygen atoms in total. The number of carboxylic acid groups (broad SMARTS) is 1. The summed E-state index contributed by atoms with van der Waals surface area (Å²) in [5.41, 5.74) is -0.409. The number of H-pyrrole nitrogens is 2. The fraction of sp³-hybridized carbons (Fsp3) is 0.333. The van der Waals surface area contributed by atoms with Crippen molar-refractivity contribution < 1.29 is 24.3 Å². The van der Waals surface area contributed by atoms with Crippen LogP contribution in [0.3, 0.4) is 0 Å². The first-order valence-corrected chi connectivity index (χ1v) is 10.7. The van der Waals surface area contributed by atoms with Gasteiger partial charge in [0, 0.05) is 24.2 Å². The lowest BCUT2D eigenvalue weighted by Crippen LogP contribution is -3.12. The van der Waals surface area contributed by atoms with Crippen LogP contribution < -0.4 is 25.9 Å². The second-order valence-corrected chi connectivity index (χ2v) is 8.09. The quantitative estimate of drug-likeness (QED) is 0.380. The Kier molecular flexibility index (Phi) is 7.29. The van der Waals surface area contributed by atoms with Gasteiger partial charge in [0.05, 0.1) is 44.4 Å². The summed E-state index contributed by atoms with van der Waals surface area (Å²) in [6, 6.07) is 3.74. The monoisotopic (exact) mass is 477 g/mol. The lowest BCUT2D eigenvalue weighted by molar-refractivity contribution is -0.880. The first-order valence-electron chi connectivity index (χ1n) is 10.3. The van der Waals surface area contributed by atoms with E-state index in [1.54, 1.807) is 10.6 Å². The van der Waals surface area contributed by atoms with Gasteiger partial charge >= 0.3 is 5.97 Å². The number of anilines is 1. The average molecular weight is 478 g/mol. The fourth-order valence-electron chi connectivity index (χ4n) is 3.63. The number of carbonyl (C=O) groups is 1. The highest BCUT2D eigenvalue weighted by atomic mass is 32.1. The zero-order valence-electron chi connectivity index (χ0n) is 18.1. The number of quaternary nitrogens is 1. The number of hydrogen-bond donors (Lipinski definition) is 4. The summed E-state index contributed by atoms with van der Waals surface area (Å²) < 4.78 is 16.4. The summed E-state index contributed by atoms with van der Waals surface area (Å²) in [5.74, 6) is -2.25. The molecule has 0 aliphatic carbocycles. The number of hydrogen-bond acceptors (Lipinski definition) is 6. The number of aromatic amines is 2. The van der Waals surface area contributed by atoms with E-state index in [9.17, 15) is 29.0 Å². The SMILES string of the molecule is CCn1cc(C(=O)O)c(=O)c2cc(F)c(N3CC[NH+](C)CC3)cc21.O=c1cc([O-])[nH]c(=S)[nH]1. The Hall–Kier alpha value is -3.51. The van der Waals surface area contributed by atoms with E-state index in [0.717, 1.165) is 32.2 Å². The van der Waals surface area contributed by atoms with Gasteiger partial charge in [0.15, 0.2) is 4.77 Å². The van der Waals surface area contributed by atoms with Crippen LogP contribution in [0.5, 0.6) is 5.88 Å². The predicted molar refractivity (Wildman–Crippen MR) is 121 cm³/mol. The molecule has 0 saturated carbocycles. The fourth-order valence-corrected chi connectivity index (χ4v) is 3.83. The van der Waals surface area contributed by atoms with Gasteiger partial charge in [-0.2, -0.15) is 0 Å². The van der Waals surface area contributed by atoms with Gasteiger partial charge in [-0.3, -0.25) is 14.6 Å². The molecular formula is C21H24FN5O5S. The number of benzene rings is 1. The molecule has 0 radical (unpaired) electrons. The standard InChI is InChI=1S/C17H20FN3O3.C4H4N2O2S/c1-3-20-10-12(17(23)24)16(22)11-8-13(18)15(9-14(11)20)21-6-4-19(2)5-7-21;7-2-1-3(8)6-4(9)5-2/h8-10H,3-7H2,1-2H3,(H,23,24);1H,(H3,5,6,7,8,9). The van der Waals surface area contributed by atoms with Crippen molar-refractivity contribution in [1.82, 2.24) is 14.5 Å². The third-order valence-electron chi connectivity index (χ3n) is 5.41. The average Bonchev–Trinajstić information content (AvgIpc) is 2.74. The minimum Gasteiger partial charge on any atom is -0.860 e. The molecule has 0 atom stereocenters. The van der Waals surface area contributed by atoms with E-state index < -0.39 is 28.7 Å². The van der Waals surface area contributed by atoms with Crippen molar-refractivity contribution in [3.63, 3.8) is 0 Å². The smallest absolute Gasteiger partial charge is 0.341 e. The number of aromatic nitrogens is 3. The van der Waals surface area contributed by atoms with Crippen molar-refractivity contribution in [2.24, 2.45) is 0 Å². The zero-order chi connectivity index (χ0) is 24.3. The minimum atomic E-state index is -1.30. The molecule has 0 amide bonds. The third-order valence-corrected chi connectivity index (χ3v) is 5.62. The molecule has 1 fully saturated rings. The number of likely N-dealkylation sites (N-methyl/N-ethyl adjacent to an activating group) is 1. The van der Waals surface area contributed by atoms with Gasteiger partial charge in [-0.05, 0) is 37.2 Å².